The first-order valence-electron chi connectivity index (χ1n) is 5.19. The Morgan fingerprint density at radius 1 is 1.53 bits per heavy atom. The van der Waals surface area contributed by atoms with Gasteiger partial charge in [0.25, 0.3) is 0 Å². The molecule has 0 spiro atoms. The average molecular weight is 231 g/mol. The van der Waals surface area contributed by atoms with E-state index < -0.39 is 0 Å². The minimum absolute atomic E-state index is 0.103. The van der Waals surface area contributed by atoms with Crippen molar-refractivity contribution < 1.29 is 4.79 Å². The molecule has 1 N–H and O–H groups in total. The number of hydrogen-bond acceptors (Lipinski definition) is 3. The van der Waals surface area contributed by atoms with E-state index >= 15 is 0 Å². The van der Waals surface area contributed by atoms with E-state index in [1.807, 2.05) is 20.1 Å². The van der Waals surface area contributed by atoms with E-state index in [1.165, 1.54) is 11.8 Å². The molecule has 0 aliphatic rings. The molecule has 0 rings (SSSR count). The van der Waals surface area contributed by atoms with E-state index in [9.17, 15) is 4.79 Å². The van der Waals surface area contributed by atoms with Gasteiger partial charge in [-0.15, -0.1) is 0 Å². The van der Waals surface area contributed by atoms with Crippen molar-refractivity contribution in [3.63, 3.8) is 0 Å². The molecular weight excluding hydrogens is 210 g/mol. The lowest BCUT2D eigenvalue weighted by atomic mass is 10.3. The van der Waals surface area contributed by atoms with Crippen LogP contribution in [0, 0.1) is 0 Å². The molecule has 1 unspecified atom stereocenters. The molecular formula is C10H21N3OS. The normalized spacial score (nSPS) is 13.5. The molecule has 0 radical (unpaired) electrons. The van der Waals surface area contributed by atoms with Gasteiger partial charge in [0.1, 0.15) is 0 Å². The molecule has 2 amide bonds. The summed E-state index contributed by atoms with van der Waals surface area (Å²) in [5, 5.41) is 3.47. The lowest BCUT2D eigenvalue weighted by Gasteiger charge is -2.16. The van der Waals surface area contributed by atoms with E-state index in [2.05, 4.69) is 17.2 Å². The average Bonchev–Trinajstić information content (AvgIpc) is 2.26. The first-order valence-corrected chi connectivity index (χ1v) is 6.41. The van der Waals surface area contributed by atoms with Gasteiger partial charge in [-0.3, -0.25) is 10.3 Å². The van der Waals surface area contributed by atoms with Gasteiger partial charge in [0.15, 0.2) is 5.17 Å². The Labute approximate surface area is 96.5 Å². The fourth-order valence-electron chi connectivity index (χ4n) is 0.758. The molecule has 0 fully saturated rings. The van der Waals surface area contributed by atoms with Crippen LogP contribution in [0.2, 0.25) is 0 Å². The molecule has 0 aliphatic heterocycles. The van der Waals surface area contributed by atoms with Gasteiger partial charge in [-0.1, -0.05) is 18.7 Å². The zero-order valence-electron chi connectivity index (χ0n) is 10.2. The number of amides is 2. The highest BCUT2D eigenvalue weighted by atomic mass is 32.2. The van der Waals surface area contributed by atoms with Crippen LogP contribution in [-0.2, 0) is 0 Å². The number of rotatable bonds is 3. The minimum Gasteiger partial charge on any atom is -0.328 e. The number of urea groups is 1. The summed E-state index contributed by atoms with van der Waals surface area (Å²) in [7, 11) is 1.76. The van der Waals surface area contributed by atoms with Gasteiger partial charge in [0, 0.05) is 19.6 Å². The molecule has 5 heteroatoms. The number of carbonyl (C=O) groups excluding carboxylic acids is 1. The van der Waals surface area contributed by atoms with Crippen LogP contribution in [0.4, 0.5) is 4.79 Å². The predicted molar refractivity (Wildman–Crippen MR) is 67.5 cm³/mol. The lowest BCUT2D eigenvalue weighted by Crippen LogP contribution is -2.39. The van der Waals surface area contributed by atoms with Crippen molar-refractivity contribution >= 4 is 23.0 Å². The number of amidine groups is 1. The van der Waals surface area contributed by atoms with Gasteiger partial charge < -0.3 is 4.90 Å². The van der Waals surface area contributed by atoms with E-state index in [1.54, 1.807) is 11.9 Å². The predicted octanol–water partition coefficient (Wildman–Crippen LogP) is 2.17. The summed E-state index contributed by atoms with van der Waals surface area (Å²) in [6.07, 6.45) is 2.89. The van der Waals surface area contributed by atoms with Crippen LogP contribution in [0.3, 0.4) is 0 Å². The standard InChI is InChI=1S/C10H21N3OS/c1-6-8(3)11-9(15-5)12-10(14)13(4)7-2/h8H,6-7H2,1-5H3,(H,11,12,14). The number of nitrogens with zero attached hydrogens (tertiary/aromatic N) is 2. The molecule has 0 heterocycles. The summed E-state index contributed by atoms with van der Waals surface area (Å²) in [6.45, 7) is 6.74. The Morgan fingerprint density at radius 3 is 2.53 bits per heavy atom. The summed E-state index contributed by atoms with van der Waals surface area (Å²) in [6, 6.07) is 0.147. The van der Waals surface area contributed by atoms with Gasteiger partial charge in [0.2, 0.25) is 0 Å². The number of aliphatic imine (C=N–C) groups is 1. The number of hydrogen-bond donors (Lipinski definition) is 1. The summed E-state index contributed by atoms with van der Waals surface area (Å²) in [4.78, 5) is 17.5. The highest BCUT2D eigenvalue weighted by Crippen LogP contribution is 2.02. The zero-order chi connectivity index (χ0) is 11.8. The molecule has 0 aliphatic carbocycles. The van der Waals surface area contributed by atoms with Crippen molar-refractivity contribution in [3.8, 4) is 0 Å². The third kappa shape index (κ3) is 5.67. The lowest BCUT2D eigenvalue weighted by molar-refractivity contribution is 0.216. The summed E-state index contributed by atoms with van der Waals surface area (Å²) in [5.74, 6) is 0. The smallest absolute Gasteiger partial charge is 0.323 e. The molecule has 0 aromatic heterocycles. The topological polar surface area (TPSA) is 44.7 Å². The molecule has 0 saturated carbocycles. The quantitative estimate of drug-likeness (QED) is 0.597. The second-order valence-corrected chi connectivity index (χ2v) is 4.13. The highest BCUT2D eigenvalue weighted by Gasteiger charge is 2.09. The molecule has 88 valence electrons. The minimum atomic E-state index is -0.103. The van der Waals surface area contributed by atoms with Crippen LogP contribution in [0.1, 0.15) is 27.2 Å². The third-order valence-corrected chi connectivity index (χ3v) is 2.75. The van der Waals surface area contributed by atoms with Crippen LogP contribution < -0.4 is 5.32 Å². The Balaban J connectivity index is 4.33. The van der Waals surface area contributed by atoms with E-state index in [0.717, 1.165) is 6.42 Å². The fraction of sp³-hybridized carbons (Fsp3) is 0.800. The third-order valence-electron chi connectivity index (χ3n) is 2.16. The maximum atomic E-state index is 11.5. The summed E-state index contributed by atoms with van der Waals surface area (Å²) < 4.78 is 0. The van der Waals surface area contributed by atoms with E-state index in [4.69, 9.17) is 0 Å². The van der Waals surface area contributed by atoms with Crippen molar-refractivity contribution in [2.75, 3.05) is 19.8 Å². The van der Waals surface area contributed by atoms with Crippen molar-refractivity contribution in [1.82, 2.24) is 10.2 Å². The van der Waals surface area contributed by atoms with Crippen LogP contribution in [0.15, 0.2) is 4.99 Å². The fourth-order valence-corrected chi connectivity index (χ4v) is 1.23. The van der Waals surface area contributed by atoms with Gasteiger partial charge in [-0.2, -0.15) is 0 Å². The van der Waals surface area contributed by atoms with Gasteiger partial charge in [-0.05, 0) is 26.5 Å². The van der Waals surface area contributed by atoms with Crippen LogP contribution in [-0.4, -0.2) is 42.0 Å². The SMILES string of the molecule is CCC(C)N=C(NC(=O)N(C)CC)SC. The number of carbonyl (C=O) groups is 1. The highest BCUT2D eigenvalue weighted by molar-refractivity contribution is 8.13. The maximum Gasteiger partial charge on any atom is 0.323 e. The summed E-state index contributed by atoms with van der Waals surface area (Å²) in [5.41, 5.74) is 0. The van der Waals surface area contributed by atoms with Crippen molar-refractivity contribution in [1.29, 1.82) is 0 Å². The number of thioether (sulfide) groups is 1. The Kier molecular flexibility index (Phi) is 7.21. The second kappa shape index (κ2) is 7.56. The largest absolute Gasteiger partial charge is 0.328 e. The second-order valence-electron chi connectivity index (χ2n) is 3.34. The molecule has 0 aromatic carbocycles. The molecule has 15 heavy (non-hydrogen) atoms. The van der Waals surface area contributed by atoms with Crippen molar-refractivity contribution in [2.24, 2.45) is 4.99 Å². The van der Waals surface area contributed by atoms with E-state index in [0.29, 0.717) is 11.7 Å². The first kappa shape index (κ1) is 14.3. The summed E-state index contributed by atoms with van der Waals surface area (Å²) >= 11 is 1.46. The number of nitrogens with one attached hydrogen (secondary N) is 1. The monoisotopic (exact) mass is 231 g/mol. The molecule has 0 aromatic rings. The molecule has 0 bridgehead atoms. The zero-order valence-corrected chi connectivity index (χ0v) is 11.0. The first-order chi connectivity index (χ1) is 7.04. The van der Waals surface area contributed by atoms with Crippen LogP contribution >= 0.6 is 11.8 Å². The van der Waals surface area contributed by atoms with Gasteiger partial charge >= 0.3 is 6.03 Å². The maximum absolute atomic E-state index is 11.5. The Bertz CT molecular complexity index is 231. The molecule has 1 atom stereocenters. The Hall–Kier alpha value is -0.710. The molecule has 0 saturated heterocycles. The Morgan fingerprint density at radius 2 is 2.13 bits per heavy atom. The van der Waals surface area contributed by atoms with Crippen LogP contribution in [0.25, 0.3) is 0 Å². The van der Waals surface area contributed by atoms with Crippen LogP contribution in [0.5, 0.6) is 0 Å². The van der Waals surface area contributed by atoms with Crippen molar-refractivity contribution in [2.45, 2.75) is 33.2 Å². The van der Waals surface area contributed by atoms with Gasteiger partial charge in [-0.25, -0.2) is 4.79 Å². The molecule has 4 nitrogen and oxygen atoms in total. The van der Waals surface area contributed by atoms with Gasteiger partial charge in [0.05, 0.1) is 0 Å². The van der Waals surface area contributed by atoms with Crippen molar-refractivity contribution in [3.05, 3.63) is 0 Å². The van der Waals surface area contributed by atoms with E-state index in [-0.39, 0.29) is 12.1 Å².